The summed E-state index contributed by atoms with van der Waals surface area (Å²) >= 11 is 6.08. The number of benzene rings is 2. The van der Waals surface area contributed by atoms with Gasteiger partial charge in [0, 0.05) is 17.8 Å². The summed E-state index contributed by atoms with van der Waals surface area (Å²) in [5.41, 5.74) is 2.57. The molecule has 0 aliphatic carbocycles. The maximum atomic E-state index is 12.5. The van der Waals surface area contributed by atoms with Gasteiger partial charge in [0.1, 0.15) is 23.0 Å². The van der Waals surface area contributed by atoms with Crippen molar-refractivity contribution in [3.8, 4) is 11.5 Å². The van der Waals surface area contributed by atoms with Crippen molar-refractivity contribution in [3.05, 3.63) is 65.1 Å². The molecule has 0 bridgehead atoms. The quantitative estimate of drug-likeness (QED) is 0.638. The van der Waals surface area contributed by atoms with Crippen molar-refractivity contribution < 1.29 is 14.3 Å². The number of hydrogen-bond acceptors (Lipinski definition) is 6. The number of ether oxygens (including phenoxy) is 2. The number of amides is 1. The third kappa shape index (κ3) is 4.32. The van der Waals surface area contributed by atoms with Gasteiger partial charge in [0.15, 0.2) is 0 Å². The fraction of sp³-hybridized carbons (Fsp3) is 0.150. The van der Waals surface area contributed by atoms with Crippen molar-refractivity contribution >= 4 is 34.7 Å². The molecule has 0 aliphatic heterocycles. The number of hydrogen-bond donors (Lipinski definition) is 2. The van der Waals surface area contributed by atoms with Gasteiger partial charge < -0.3 is 20.1 Å². The van der Waals surface area contributed by atoms with Gasteiger partial charge in [-0.05, 0) is 18.6 Å². The Morgan fingerprint density at radius 1 is 1.00 bits per heavy atom. The standard InChI is InChI=1S/C20H19ClN4O3/c1-12-6-4-5-7-14(12)24-19-11-22-16(10-23-19)20(26)25-15-9-17(27-2)13(21)8-18(15)28-3/h4-11H,1-3H3,(H,23,24)(H,25,26). The van der Waals surface area contributed by atoms with Crippen LogP contribution in [0.3, 0.4) is 0 Å². The maximum Gasteiger partial charge on any atom is 0.275 e. The van der Waals surface area contributed by atoms with Crippen molar-refractivity contribution in [2.45, 2.75) is 6.92 Å². The van der Waals surface area contributed by atoms with Crippen LogP contribution in [-0.4, -0.2) is 30.1 Å². The van der Waals surface area contributed by atoms with Gasteiger partial charge in [0.2, 0.25) is 0 Å². The molecule has 0 saturated heterocycles. The van der Waals surface area contributed by atoms with Crippen LogP contribution in [0.25, 0.3) is 0 Å². The summed E-state index contributed by atoms with van der Waals surface area (Å²) in [7, 11) is 2.98. The number of methoxy groups -OCH3 is 2. The first-order valence-electron chi connectivity index (χ1n) is 8.39. The minimum Gasteiger partial charge on any atom is -0.495 e. The van der Waals surface area contributed by atoms with Gasteiger partial charge in [-0.3, -0.25) is 4.79 Å². The first-order valence-corrected chi connectivity index (χ1v) is 8.77. The van der Waals surface area contributed by atoms with Crippen LogP contribution in [0.5, 0.6) is 11.5 Å². The van der Waals surface area contributed by atoms with Gasteiger partial charge in [0.25, 0.3) is 5.91 Å². The minimum atomic E-state index is -0.433. The molecule has 144 valence electrons. The number of carbonyl (C=O) groups excluding carboxylic acids is 1. The van der Waals surface area contributed by atoms with Crippen LogP contribution in [-0.2, 0) is 0 Å². The number of nitrogens with one attached hydrogen (secondary N) is 2. The lowest BCUT2D eigenvalue weighted by atomic mass is 10.2. The van der Waals surface area contributed by atoms with Gasteiger partial charge in [-0.25, -0.2) is 9.97 Å². The van der Waals surface area contributed by atoms with Crippen LogP contribution < -0.4 is 20.1 Å². The third-order valence-corrected chi connectivity index (χ3v) is 4.31. The zero-order valence-electron chi connectivity index (χ0n) is 15.6. The van der Waals surface area contributed by atoms with Crippen LogP contribution in [0.4, 0.5) is 17.2 Å². The number of carbonyl (C=O) groups is 1. The second-order valence-electron chi connectivity index (χ2n) is 5.87. The molecule has 0 unspecified atom stereocenters. The lowest BCUT2D eigenvalue weighted by Crippen LogP contribution is -2.15. The van der Waals surface area contributed by atoms with Gasteiger partial charge in [-0.2, -0.15) is 0 Å². The normalized spacial score (nSPS) is 10.3. The fourth-order valence-corrected chi connectivity index (χ4v) is 2.74. The Bertz CT molecular complexity index is 993. The Labute approximate surface area is 167 Å². The number of halogens is 1. The van der Waals surface area contributed by atoms with Crippen LogP contribution in [0.1, 0.15) is 16.1 Å². The average molecular weight is 399 g/mol. The Morgan fingerprint density at radius 3 is 2.39 bits per heavy atom. The summed E-state index contributed by atoms with van der Waals surface area (Å²) in [6.45, 7) is 1.99. The van der Waals surface area contributed by atoms with Crippen LogP contribution in [0, 0.1) is 6.92 Å². The van der Waals surface area contributed by atoms with E-state index >= 15 is 0 Å². The molecule has 3 aromatic rings. The summed E-state index contributed by atoms with van der Waals surface area (Å²) in [6, 6.07) is 11.0. The molecule has 3 rings (SSSR count). The molecule has 0 aliphatic rings. The molecule has 0 radical (unpaired) electrons. The highest BCUT2D eigenvalue weighted by atomic mass is 35.5. The SMILES string of the molecule is COc1cc(NC(=O)c2cnc(Nc3ccccc3C)cn2)c(OC)cc1Cl. The van der Waals surface area contributed by atoms with E-state index in [9.17, 15) is 4.79 Å². The molecule has 7 nitrogen and oxygen atoms in total. The highest BCUT2D eigenvalue weighted by Crippen LogP contribution is 2.36. The van der Waals surface area contributed by atoms with E-state index in [1.807, 2.05) is 31.2 Å². The molecular weight excluding hydrogens is 380 g/mol. The van der Waals surface area contributed by atoms with E-state index in [1.54, 1.807) is 12.1 Å². The van der Waals surface area contributed by atoms with Crippen LogP contribution in [0.15, 0.2) is 48.8 Å². The molecule has 2 aromatic carbocycles. The molecule has 28 heavy (non-hydrogen) atoms. The van der Waals surface area contributed by atoms with Crippen molar-refractivity contribution in [2.24, 2.45) is 0 Å². The molecule has 1 heterocycles. The Hall–Kier alpha value is -3.32. The largest absolute Gasteiger partial charge is 0.495 e. The van der Waals surface area contributed by atoms with Crippen LogP contribution >= 0.6 is 11.6 Å². The predicted molar refractivity (Wildman–Crippen MR) is 109 cm³/mol. The van der Waals surface area contributed by atoms with Crippen molar-refractivity contribution in [3.63, 3.8) is 0 Å². The van der Waals surface area contributed by atoms with E-state index in [0.717, 1.165) is 11.3 Å². The van der Waals surface area contributed by atoms with Gasteiger partial charge in [-0.1, -0.05) is 29.8 Å². The van der Waals surface area contributed by atoms with Gasteiger partial charge >= 0.3 is 0 Å². The molecule has 0 saturated carbocycles. The van der Waals surface area contributed by atoms with E-state index in [4.69, 9.17) is 21.1 Å². The Balaban J connectivity index is 1.76. The first-order chi connectivity index (χ1) is 13.5. The Morgan fingerprint density at radius 2 is 1.75 bits per heavy atom. The Kier molecular flexibility index (Phi) is 5.96. The van der Waals surface area contributed by atoms with E-state index in [1.165, 1.54) is 26.6 Å². The minimum absolute atomic E-state index is 0.159. The van der Waals surface area contributed by atoms with Crippen molar-refractivity contribution in [2.75, 3.05) is 24.9 Å². The second-order valence-corrected chi connectivity index (χ2v) is 6.28. The number of para-hydroxylation sites is 1. The number of anilines is 3. The molecule has 1 amide bonds. The van der Waals surface area contributed by atoms with Crippen molar-refractivity contribution in [1.29, 1.82) is 0 Å². The average Bonchev–Trinajstić information content (AvgIpc) is 2.71. The summed E-state index contributed by atoms with van der Waals surface area (Å²) in [6.07, 6.45) is 2.90. The molecule has 1 aromatic heterocycles. The molecule has 2 N–H and O–H groups in total. The first kappa shape index (κ1) is 19.4. The van der Waals surface area contributed by atoms with E-state index in [-0.39, 0.29) is 5.69 Å². The number of aryl methyl sites for hydroxylation is 1. The fourth-order valence-electron chi connectivity index (χ4n) is 2.51. The third-order valence-electron chi connectivity index (χ3n) is 4.01. The van der Waals surface area contributed by atoms with E-state index in [0.29, 0.717) is 28.0 Å². The summed E-state index contributed by atoms with van der Waals surface area (Å²) in [4.78, 5) is 21.0. The highest BCUT2D eigenvalue weighted by Gasteiger charge is 2.15. The number of aromatic nitrogens is 2. The number of rotatable bonds is 6. The summed E-state index contributed by atoms with van der Waals surface area (Å²) < 4.78 is 10.4. The monoisotopic (exact) mass is 398 g/mol. The zero-order chi connectivity index (χ0) is 20.1. The second kappa shape index (κ2) is 8.58. The smallest absolute Gasteiger partial charge is 0.275 e. The lowest BCUT2D eigenvalue weighted by Gasteiger charge is -2.13. The van der Waals surface area contributed by atoms with E-state index in [2.05, 4.69) is 20.6 Å². The van der Waals surface area contributed by atoms with Crippen molar-refractivity contribution in [1.82, 2.24) is 9.97 Å². The topological polar surface area (TPSA) is 85.4 Å². The molecular formula is C20H19ClN4O3. The van der Waals surface area contributed by atoms with Gasteiger partial charge in [0.05, 0.1) is 37.3 Å². The summed E-state index contributed by atoms with van der Waals surface area (Å²) in [5, 5.41) is 6.28. The zero-order valence-corrected chi connectivity index (χ0v) is 16.4. The van der Waals surface area contributed by atoms with Crippen LogP contribution in [0.2, 0.25) is 5.02 Å². The summed E-state index contributed by atoms with van der Waals surface area (Å²) in [5.74, 6) is 0.931. The number of nitrogens with zero attached hydrogens (tertiary/aromatic N) is 2. The maximum absolute atomic E-state index is 12.5. The molecule has 0 spiro atoms. The predicted octanol–water partition coefficient (Wildman–Crippen LogP) is 4.45. The van der Waals surface area contributed by atoms with E-state index < -0.39 is 5.91 Å². The molecule has 0 fully saturated rings. The highest BCUT2D eigenvalue weighted by molar-refractivity contribution is 6.32. The lowest BCUT2D eigenvalue weighted by molar-refractivity contribution is 0.102. The van der Waals surface area contributed by atoms with Gasteiger partial charge in [-0.15, -0.1) is 0 Å². The molecule has 8 heteroatoms. The molecule has 0 atom stereocenters.